The fourth-order valence-corrected chi connectivity index (χ4v) is 4.43. The van der Waals surface area contributed by atoms with E-state index in [4.69, 9.17) is 14.2 Å². The minimum atomic E-state index is 0.160. The SMILES string of the molecule is CCCOc1cc2c(cc1CNC(Cc1cccs1)c1nccs1)OCO2. The van der Waals surface area contributed by atoms with E-state index in [1.807, 2.05) is 23.7 Å². The van der Waals surface area contributed by atoms with E-state index in [1.54, 1.807) is 22.7 Å². The molecular weight excluding hydrogens is 380 g/mol. The average molecular weight is 403 g/mol. The normalized spacial score (nSPS) is 13.7. The molecule has 4 rings (SSSR count). The molecule has 27 heavy (non-hydrogen) atoms. The quantitative estimate of drug-likeness (QED) is 0.557. The highest BCUT2D eigenvalue weighted by Gasteiger charge is 2.20. The summed E-state index contributed by atoms with van der Waals surface area (Å²) in [6.45, 7) is 3.72. The van der Waals surface area contributed by atoms with E-state index >= 15 is 0 Å². The number of aromatic nitrogens is 1. The van der Waals surface area contributed by atoms with Gasteiger partial charge in [0.15, 0.2) is 11.5 Å². The van der Waals surface area contributed by atoms with Gasteiger partial charge in [-0.1, -0.05) is 13.0 Å². The highest BCUT2D eigenvalue weighted by atomic mass is 32.1. The number of thiazole rings is 1. The molecule has 1 aliphatic heterocycles. The molecule has 1 aromatic carbocycles. The van der Waals surface area contributed by atoms with Crippen LogP contribution in [0.3, 0.4) is 0 Å². The third-order valence-corrected chi connectivity index (χ3v) is 6.08. The standard InChI is InChI=1S/C20H22N2O3S2/c1-2-6-23-17-11-19-18(24-13-25-19)9-14(17)12-22-16(20-21-5-8-27-20)10-15-4-3-7-26-15/h3-5,7-9,11,16,22H,2,6,10,12-13H2,1H3. The van der Waals surface area contributed by atoms with Gasteiger partial charge < -0.3 is 19.5 Å². The largest absolute Gasteiger partial charge is 0.493 e. The van der Waals surface area contributed by atoms with Crippen LogP contribution in [0.15, 0.2) is 41.2 Å². The number of ether oxygens (including phenoxy) is 3. The molecule has 3 aromatic rings. The second-order valence-corrected chi connectivity index (χ2v) is 8.21. The highest BCUT2D eigenvalue weighted by Crippen LogP contribution is 2.38. The van der Waals surface area contributed by atoms with E-state index in [2.05, 4.69) is 34.7 Å². The van der Waals surface area contributed by atoms with Crippen molar-refractivity contribution in [3.8, 4) is 17.2 Å². The molecule has 1 aliphatic rings. The van der Waals surface area contributed by atoms with Crippen molar-refractivity contribution in [1.82, 2.24) is 10.3 Å². The van der Waals surface area contributed by atoms with Crippen molar-refractivity contribution >= 4 is 22.7 Å². The molecule has 2 aromatic heterocycles. The fourth-order valence-electron chi connectivity index (χ4n) is 2.97. The zero-order valence-corrected chi connectivity index (χ0v) is 16.8. The van der Waals surface area contributed by atoms with Crippen molar-refractivity contribution in [3.05, 3.63) is 56.7 Å². The molecule has 0 fully saturated rings. The monoisotopic (exact) mass is 402 g/mol. The molecule has 142 valence electrons. The van der Waals surface area contributed by atoms with E-state index in [1.165, 1.54) is 4.88 Å². The first kappa shape index (κ1) is 18.3. The molecule has 5 nitrogen and oxygen atoms in total. The maximum Gasteiger partial charge on any atom is 0.231 e. The van der Waals surface area contributed by atoms with Gasteiger partial charge in [0.2, 0.25) is 6.79 Å². The van der Waals surface area contributed by atoms with Crippen LogP contribution in [0.2, 0.25) is 0 Å². The van der Waals surface area contributed by atoms with Crippen LogP contribution >= 0.6 is 22.7 Å². The third-order valence-electron chi connectivity index (χ3n) is 4.29. The topological polar surface area (TPSA) is 52.6 Å². The molecular formula is C20H22N2O3S2. The Morgan fingerprint density at radius 2 is 2.11 bits per heavy atom. The van der Waals surface area contributed by atoms with Gasteiger partial charge in [-0.05, 0) is 23.9 Å². The average Bonchev–Trinajstić information content (AvgIpc) is 3.45. The molecule has 7 heteroatoms. The van der Waals surface area contributed by atoms with Gasteiger partial charge >= 0.3 is 0 Å². The highest BCUT2D eigenvalue weighted by molar-refractivity contribution is 7.10. The second-order valence-electron chi connectivity index (χ2n) is 6.25. The number of hydrogen-bond donors (Lipinski definition) is 1. The first-order valence-electron chi connectivity index (χ1n) is 9.04. The van der Waals surface area contributed by atoms with Crippen LogP contribution in [0, 0.1) is 0 Å². The van der Waals surface area contributed by atoms with E-state index < -0.39 is 0 Å². The van der Waals surface area contributed by atoms with Crippen LogP contribution in [-0.4, -0.2) is 18.4 Å². The summed E-state index contributed by atoms with van der Waals surface area (Å²) < 4.78 is 17.0. The smallest absolute Gasteiger partial charge is 0.231 e. The van der Waals surface area contributed by atoms with Gasteiger partial charge in [0.25, 0.3) is 0 Å². The summed E-state index contributed by atoms with van der Waals surface area (Å²) >= 11 is 3.46. The van der Waals surface area contributed by atoms with Crippen molar-refractivity contribution in [2.24, 2.45) is 0 Å². The van der Waals surface area contributed by atoms with Gasteiger partial charge in [0.05, 0.1) is 12.6 Å². The first-order valence-corrected chi connectivity index (χ1v) is 10.8. The molecule has 0 amide bonds. The Morgan fingerprint density at radius 3 is 2.85 bits per heavy atom. The summed E-state index contributed by atoms with van der Waals surface area (Å²) in [4.78, 5) is 5.87. The van der Waals surface area contributed by atoms with Gasteiger partial charge in [-0.25, -0.2) is 4.98 Å². The maximum atomic E-state index is 5.95. The Hall–Kier alpha value is -2.09. The predicted molar refractivity (Wildman–Crippen MR) is 108 cm³/mol. The maximum absolute atomic E-state index is 5.95. The molecule has 1 atom stereocenters. The molecule has 0 saturated carbocycles. The minimum absolute atomic E-state index is 0.160. The minimum Gasteiger partial charge on any atom is -0.493 e. The molecule has 0 radical (unpaired) electrons. The summed E-state index contributed by atoms with van der Waals surface area (Å²) in [5, 5.41) is 8.90. The Labute approximate surface area is 166 Å². The molecule has 0 spiro atoms. The van der Waals surface area contributed by atoms with Crippen LogP contribution in [0.25, 0.3) is 0 Å². The first-order chi connectivity index (χ1) is 13.3. The zero-order valence-electron chi connectivity index (χ0n) is 15.1. The summed E-state index contributed by atoms with van der Waals surface area (Å²) in [6.07, 6.45) is 3.74. The number of fused-ring (bicyclic) bond motifs is 1. The van der Waals surface area contributed by atoms with Gasteiger partial charge in [0, 0.05) is 41.0 Å². The number of hydrogen-bond acceptors (Lipinski definition) is 7. The van der Waals surface area contributed by atoms with Crippen molar-refractivity contribution in [1.29, 1.82) is 0 Å². The van der Waals surface area contributed by atoms with Crippen molar-refractivity contribution in [2.75, 3.05) is 13.4 Å². The molecule has 0 aliphatic carbocycles. The van der Waals surface area contributed by atoms with E-state index in [-0.39, 0.29) is 12.8 Å². The van der Waals surface area contributed by atoms with Crippen LogP contribution in [0.1, 0.15) is 34.8 Å². The number of benzene rings is 1. The molecule has 0 bridgehead atoms. The van der Waals surface area contributed by atoms with Crippen LogP contribution in [0.4, 0.5) is 0 Å². The summed E-state index contributed by atoms with van der Waals surface area (Å²) in [7, 11) is 0. The predicted octanol–water partition coefficient (Wildman–Crippen LogP) is 4.80. The molecule has 1 N–H and O–H groups in total. The lowest BCUT2D eigenvalue weighted by Crippen LogP contribution is -2.23. The van der Waals surface area contributed by atoms with Gasteiger partial charge in [-0.2, -0.15) is 0 Å². The van der Waals surface area contributed by atoms with E-state index in [0.29, 0.717) is 13.2 Å². The van der Waals surface area contributed by atoms with Crippen molar-refractivity contribution in [3.63, 3.8) is 0 Å². The lowest BCUT2D eigenvalue weighted by atomic mass is 10.1. The number of nitrogens with zero attached hydrogens (tertiary/aromatic N) is 1. The van der Waals surface area contributed by atoms with Crippen molar-refractivity contribution < 1.29 is 14.2 Å². The van der Waals surface area contributed by atoms with Crippen LogP contribution in [0.5, 0.6) is 17.2 Å². The van der Waals surface area contributed by atoms with Gasteiger partial charge in [0.1, 0.15) is 10.8 Å². The van der Waals surface area contributed by atoms with E-state index in [0.717, 1.165) is 40.7 Å². The Morgan fingerprint density at radius 1 is 1.22 bits per heavy atom. The van der Waals surface area contributed by atoms with Gasteiger partial charge in [-0.3, -0.25) is 0 Å². The molecule has 3 heterocycles. The lowest BCUT2D eigenvalue weighted by molar-refractivity contribution is 0.173. The third kappa shape index (κ3) is 4.43. The van der Waals surface area contributed by atoms with Crippen molar-refractivity contribution in [2.45, 2.75) is 32.4 Å². The molecule has 1 unspecified atom stereocenters. The zero-order chi connectivity index (χ0) is 18.5. The number of nitrogens with one attached hydrogen (secondary N) is 1. The summed E-state index contributed by atoms with van der Waals surface area (Å²) in [5.41, 5.74) is 1.07. The lowest BCUT2D eigenvalue weighted by Gasteiger charge is -2.18. The fraction of sp³-hybridized carbons (Fsp3) is 0.350. The Kier molecular flexibility index (Phi) is 5.91. The molecule has 0 saturated heterocycles. The van der Waals surface area contributed by atoms with E-state index in [9.17, 15) is 0 Å². The second kappa shape index (κ2) is 8.73. The van der Waals surface area contributed by atoms with Crippen LogP contribution in [-0.2, 0) is 13.0 Å². The Balaban J connectivity index is 1.53. The summed E-state index contributed by atoms with van der Waals surface area (Å²) in [6, 6.07) is 8.38. The number of thiophene rings is 1. The Bertz CT molecular complexity index is 851. The number of rotatable bonds is 9. The van der Waals surface area contributed by atoms with Gasteiger partial charge in [-0.15, -0.1) is 22.7 Å². The summed E-state index contributed by atoms with van der Waals surface area (Å²) in [5.74, 6) is 2.38. The van der Waals surface area contributed by atoms with Crippen LogP contribution < -0.4 is 19.5 Å².